The van der Waals surface area contributed by atoms with Gasteiger partial charge in [0.15, 0.2) is 0 Å². The maximum absolute atomic E-state index is 14.1. The number of benzene rings is 2. The number of likely N-dealkylation sites (tertiary alicyclic amines) is 1. The number of hydrogen-bond acceptors (Lipinski definition) is 2. The van der Waals surface area contributed by atoms with Gasteiger partial charge in [-0.1, -0.05) is 36.4 Å². The van der Waals surface area contributed by atoms with E-state index in [1.165, 1.54) is 12.1 Å². The Hall–Kier alpha value is -2.47. The zero-order chi connectivity index (χ0) is 17.1. The van der Waals surface area contributed by atoms with E-state index in [0.29, 0.717) is 25.2 Å². The Morgan fingerprint density at radius 1 is 1.17 bits per heavy atom. The van der Waals surface area contributed by atoms with Crippen molar-refractivity contribution < 1.29 is 18.7 Å². The summed E-state index contributed by atoms with van der Waals surface area (Å²) in [5, 5.41) is 11.5. The molecule has 0 spiro atoms. The van der Waals surface area contributed by atoms with Gasteiger partial charge in [-0.05, 0) is 17.2 Å². The van der Waals surface area contributed by atoms with Crippen LogP contribution in [0.5, 0.6) is 0 Å². The van der Waals surface area contributed by atoms with Gasteiger partial charge in [0, 0.05) is 31.6 Å². The molecule has 2 aromatic carbocycles. The Bertz CT molecular complexity index is 724. The second kappa shape index (κ2) is 6.97. The standard InChI is InChI=1S/C18H18F2N2O2/c19-13-6-7-14(16(20)8-13)15-10-22(11-17(15)21-18(23)24)9-12-4-2-1-3-5-12/h1-8,15,17,21H,9-11H2,(H,23,24)/t15-,17+/m0/s1. The molecule has 0 unspecified atom stereocenters. The van der Waals surface area contributed by atoms with Crippen LogP contribution in [-0.4, -0.2) is 35.2 Å². The molecule has 6 heteroatoms. The lowest BCUT2D eigenvalue weighted by molar-refractivity contribution is 0.188. The molecule has 0 bridgehead atoms. The van der Waals surface area contributed by atoms with E-state index in [2.05, 4.69) is 10.2 Å². The highest BCUT2D eigenvalue weighted by Gasteiger charge is 2.36. The van der Waals surface area contributed by atoms with Crippen molar-refractivity contribution in [1.82, 2.24) is 10.2 Å². The Morgan fingerprint density at radius 3 is 2.58 bits per heavy atom. The first-order chi connectivity index (χ1) is 11.5. The maximum Gasteiger partial charge on any atom is 0.404 e. The van der Waals surface area contributed by atoms with Crippen molar-refractivity contribution in [3.05, 3.63) is 71.3 Å². The Morgan fingerprint density at radius 2 is 1.92 bits per heavy atom. The molecule has 24 heavy (non-hydrogen) atoms. The van der Waals surface area contributed by atoms with Crippen LogP contribution >= 0.6 is 0 Å². The second-order valence-corrected chi connectivity index (χ2v) is 6.01. The molecule has 126 valence electrons. The second-order valence-electron chi connectivity index (χ2n) is 6.01. The van der Waals surface area contributed by atoms with E-state index < -0.39 is 23.8 Å². The Balaban J connectivity index is 1.81. The first kappa shape index (κ1) is 16.4. The number of carboxylic acid groups (broad SMARTS) is 1. The number of nitrogens with one attached hydrogen (secondary N) is 1. The zero-order valence-electron chi connectivity index (χ0n) is 13.0. The van der Waals surface area contributed by atoms with Crippen molar-refractivity contribution in [2.45, 2.75) is 18.5 Å². The lowest BCUT2D eigenvalue weighted by Crippen LogP contribution is -2.39. The Kier molecular flexibility index (Phi) is 4.76. The van der Waals surface area contributed by atoms with E-state index in [0.717, 1.165) is 11.6 Å². The van der Waals surface area contributed by atoms with Crippen LogP contribution in [0.15, 0.2) is 48.5 Å². The third kappa shape index (κ3) is 3.71. The summed E-state index contributed by atoms with van der Waals surface area (Å²) in [6.45, 7) is 1.63. The average molecular weight is 332 g/mol. The highest BCUT2D eigenvalue weighted by molar-refractivity contribution is 5.65. The molecule has 1 heterocycles. The topological polar surface area (TPSA) is 52.6 Å². The number of nitrogens with zero attached hydrogens (tertiary/aromatic N) is 1. The minimum absolute atomic E-state index is 0.339. The van der Waals surface area contributed by atoms with E-state index in [1.807, 2.05) is 30.3 Å². The summed E-state index contributed by atoms with van der Waals surface area (Å²) < 4.78 is 27.3. The highest BCUT2D eigenvalue weighted by atomic mass is 19.1. The molecule has 2 N–H and O–H groups in total. The summed E-state index contributed by atoms with van der Waals surface area (Å²) >= 11 is 0. The van der Waals surface area contributed by atoms with Gasteiger partial charge in [-0.2, -0.15) is 0 Å². The molecule has 3 rings (SSSR count). The minimum Gasteiger partial charge on any atom is -0.465 e. The lowest BCUT2D eigenvalue weighted by atomic mass is 9.94. The number of rotatable bonds is 4. The Labute approximate surface area is 138 Å². The van der Waals surface area contributed by atoms with Crippen LogP contribution in [0.4, 0.5) is 13.6 Å². The molecule has 1 aliphatic rings. The predicted molar refractivity (Wildman–Crippen MR) is 85.8 cm³/mol. The summed E-state index contributed by atoms with van der Waals surface area (Å²) in [5.74, 6) is -1.64. The van der Waals surface area contributed by atoms with E-state index in [-0.39, 0.29) is 5.92 Å². The first-order valence-electron chi connectivity index (χ1n) is 7.73. The van der Waals surface area contributed by atoms with E-state index >= 15 is 0 Å². The van der Waals surface area contributed by atoms with Gasteiger partial charge < -0.3 is 10.4 Å². The molecule has 0 aromatic heterocycles. The average Bonchev–Trinajstić information content (AvgIpc) is 2.89. The van der Waals surface area contributed by atoms with Crippen LogP contribution in [0.25, 0.3) is 0 Å². The fourth-order valence-electron chi connectivity index (χ4n) is 3.28. The summed E-state index contributed by atoms with van der Waals surface area (Å²) in [7, 11) is 0. The van der Waals surface area contributed by atoms with Crippen LogP contribution in [0.3, 0.4) is 0 Å². The van der Waals surface area contributed by atoms with Crippen molar-refractivity contribution in [2.75, 3.05) is 13.1 Å². The SMILES string of the molecule is O=C(O)N[C@@H]1CN(Cc2ccccc2)C[C@H]1c1ccc(F)cc1F. The number of carbonyl (C=O) groups is 1. The van der Waals surface area contributed by atoms with Crippen LogP contribution in [0.1, 0.15) is 17.0 Å². The molecule has 1 saturated heterocycles. The van der Waals surface area contributed by atoms with Gasteiger partial charge in [0.2, 0.25) is 0 Å². The maximum atomic E-state index is 14.1. The quantitative estimate of drug-likeness (QED) is 0.904. The first-order valence-corrected chi connectivity index (χ1v) is 7.73. The van der Waals surface area contributed by atoms with Crippen LogP contribution in [0.2, 0.25) is 0 Å². The van der Waals surface area contributed by atoms with Crippen molar-refractivity contribution >= 4 is 6.09 Å². The van der Waals surface area contributed by atoms with E-state index in [1.54, 1.807) is 0 Å². The van der Waals surface area contributed by atoms with E-state index in [9.17, 15) is 13.6 Å². The molecular weight excluding hydrogens is 314 g/mol. The highest BCUT2D eigenvalue weighted by Crippen LogP contribution is 2.30. The monoisotopic (exact) mass is 332 g/mol. The van der Waals surface area contributed by atoms with Crippen LogP contribution in [0, 0.1) is 11.6 Å². The van der Waals surface area contributed by atoms with Crippen LogP contribution < -0.4 is 5.32 Å². The van der Waals surface area contributed by atoms with Crippen molar-refractivity contribution in [2.24, 2.45) is 0 Å². The molecule has 1 aliphatic heterocycles. The minimum atomic E-state index is -1.14. The van der Waals surface area contributed by atoms with Gasteiger partial charge >= 0.3 is 6.09 Å². The fraction of sp³-hybridized carbons (Fsp3) is 0.278. The lowest BCUT2D eigenvalue weighted by Gasteiger charge is -2.19. The van der Waals surface area contributed by atoms with Crippen molar-refractivity contribution in [1.29, 1.82) is 0 Å². The smallest absolute Gasteiger partial charge is 0.404 e. The molecule has 1 amide bonds. The number of halogens is 2. The molecule has 4 nitrogen and oxygen atoms in total. The normalized spacial score (nSPS) is 20.9. The molecule has 0 radical (unpaired) electrons. The van der Waals surface area contributed by atoms with Gasteiger partial charge in [-0.3, -0.25) is 4.90 Å². The van der Waals surface area contributed by atoms with Gasteiger partial charge in [0.1, 0.15) is 11.6 Å². The fourth-order valence-corrected chi connectivity index (χ4v) is 3.28. The predicted octanol–water partition coefficient (Wildman–Crippen LogP) is 3.20. The van der Waals surface area contributed by atoms with Crippen LogP contribution in [-0.2, 0) is 6.54 Å². The summed E-state index contributed by atoms with van der Waals surface area (Å²) in [6, 6.07) is 12.8. The summed E-state index contributed by atoms with van der Waals surface area (Å²) in [4.78, 5) is 13.1. The zero-order valence-corrected chi connectivity index (χ0v) is 13.0. The third-order valence-electron chi connectivity index (χ3n) is 4.32. The van der Waals surface area contributed by atoms with Gasteiger partial charge in [0.25, 0.3) is 0 Å². The van der Waals surface area contributed by atoms with E-state index in [4.69, 9.17) is 5.11 Å². The van der Waals surface area contributed by atoms with Gasteiger partial charge in [0.05, 0.1) is 6.04 Å². The molecule has 2 aromatic rings. The summed E-state index contributed by atoms with van der Waals surface area (Å²) in [5.41, 5.74) is 1.44. The molecule has 1 fully saturated rings. The summed E-state index contributed by atoms with van der Waals surface area (Å²) in [6.07, 6.45) is -1.14. The van der Waals surface area contributed by atoms with Gasteiger partial charge in [-0.15, -0.1) is 0 Å². The number of hydrogen-bond donors (Lipinski definition) is 2. The molecule has 2 atom stereocenters. The molecule has 0 saturated carbocycles. The van der Waals surface area contributed by atoms with Crippen molar-refractivity contribution in [3.63, 3.8) is 0 Å². The molecular formula is C18H18F2N2O2. The largest absolute Gasteiger partial charge is 0.465 e. The molecule has 0 aliphatic carbocycles. The third-order valence-corrected chi connectivity index (χ3v) is 4.32. The number of amides is 1. The van der Waals surface area contributed by atoms with Crippen molar-refractivity contribution in [3.8, 4) is 0 Å². The van der Waals surface area contributed by atoms with Gasteiger partial charge in [-0.25, -0.2) is 13.6 Å².